The quantitative estimate of drug-likeness (QED) is 0.768. The predicted molar refractivity (Wildman–Crippen MR) is 86.8 cm³/mol. The van der Waals surface area contributed by atoms with E-state index in [0.29, 0.717) is 23.1 Å². The van der Waals surface area contributed by atoms with Gasteiger partial charge >= 0.3 is 6.03 Å². The van der Waals surface area contributed by atoms with Crippen LogP contribution in [0.5, 0.6) is 5.75 Å². The molecule has 1 rings (SSSR count). The molecule has 0 aromatic heterocycles. The number of benzene rings is 1. The first-order valence-electron chi connectivity index (χ1n) is 7.09. The number of hydrogen-bond donors (Lipinski definition) is 2. The number of carbonyl (C=O) groups excluding carboxylic acids is 1. The Kier molecular flexibility index (Phi) is 8.01. The van der Waals surface area contributed by atoms with Gasteiger partial charge in [-0.1, -0.05) is 18.5 Å². The minimum atomic E-state index is -0.740. The summed E-state index contributed by atoms with van der Waals surface area (Å²) in [5.74, 6) is 0.561. The average Bonchev–Trinajstić information content (AvgIpc) is 2.46. The van der Waals surface area contributed by atoms with Gasteiger partial charge in [0, 0.05) is 19.2 Å². The lowest BCUT2D eigenvalue weighted by Crippen LogP contribution is -2.38. The van der Waals surface area contributed by atoms with E-state index in [1.165, 1.54) is 12.0 Å². The Morgan fingerprint density at radius 1 is 1.50 bits per heavy atom. The lowest BCUT2D eigenvalue weighted by molar-refractivity contribution is 0.0501. The van der Waals surface area contributed by atoms with Crippen LogP contribution in [0, 0.1) is 0 Å². The zero-order chi connectivity index (χ0) is 16.5. The Morgan fingerprint density at radius 3 is 2.86 bits per heavy atom. The van der Waals surface area contributed by atoms with E-state index >= 15 is 0 Å². The highest BCUT2D eigenvalue weighted by Gasteiger charge is 2.15. The molecule has 0 saturated carbocycles. The molecule has 0 fully saturated rings. The third-order valence-corrected chi connectivity index (χ3v) is 3.07. The lowest BCUT2D eigenvalue weighted by Gasteiger charge is -2.22. The first-order valence-corrected chi connectivity index (χ1v) is 7.47. The second-order valence-electron chi connectivity index (χ2n) is 4.91. The number of carbonyl (C=O) groups is 1. The molecule has 0 aliphatic carbocycles. The maximum Gasteiger partial charge on any atom is 0.321 e. The minimum Gasteiger partial charge on any atom is -0.491 e. The minimum absolute atomic E-state index is 0.158. The van der Waals surface area contributed by atoms with Crippen LogP contribution < -0.4 is 10.1 Å². The number of anilines is 1. The second-order valence-corrected chi connectivity index (χ2v) is 5.35. The summed E-state index contributed by atoms with van der Waals surface area (Å²) in [7, 11) is 3.08. The Balaban J connectivity index is 2.71. The summed E-state index contributed by atoms with van der Waals surface area (Å²) in [4.78, 5) is 13.5. The van der Waals surface area contributed by atoms with Gasteiger partial charge in [0.05, 0.1) is 31.5 Å². The molecule has 0 spiro atoms. The number of hydrogen-bond acceptors (Lipinski definition) is 4. The van der Waals surface area contributed by atoms with Crippen LogP contribution in [0.1, 0.15) is 13.3 Å². The van der Waals surface area contributed by atoms with Gasteiger partial charge in [-0.05, 0) is 24.6 Å². The molecule has 6 nitrogen and oxygen atoms in total. The van der Waals surface area contributed by atoms with Gasteiger partial charge in [-0.3, -0.25) is 0 Å². The molecule has 0 bridgehead atoms. The Hall–Kier alpha value is -1.50. The van der Waals surface area contributed by atoms with E-state index in [1.54, 1.807) is 25.2 Å². The van der Waals surface area contributed by atoms with E-state index in [-0.39, 0.29) is 19.2 Å². The van der Waals surface area contributed by atoms with E-state index in [4.69, 9.17) is 21.1 Å². The number of nitrogens with zero attached hydrogens (tertiary/aromatic N) is 1. The largest absolute Gasteiger partial charge is 0.491 e. The molecule has 22 heavy (non-hydrogen) atoms. The van der Waals surface area contributed by atoms with E-state index in [9.17, 15) is 9.90 Å². The van der Waals surface area contributed by atoms with Gasteiger partial charge in [0.1, 0.15) is 5.75 Å². The third-order valence-electron chi connectivity index (χ3n) is 2.84. The van der Waals surface area contributed by atoms with Crippen LogP contribution in [-0.4, -0.2) is 56.1 Å². The standard InChI is InChI=1S/C15H23ClN2O4/c1-4-7-22-14-6-5-11(16)8-13(14)17-15(20)18(2)9-12(19)10-21-3/h5-6,8,12,19H,4,7,9-10H2,1-3H3,(H,17,20). The molecule has 1 atom stereocenters. The molecular weight excluding hydrogens is 308 g/mol. The lowest BCUT2D eigenvalue weighted by atomic mass is 10.3. The third kappa shape index (κ3) is 6.09. The zero-order valence-electron chi connectivity index (χ0n) is 13.1. The molecule has 0 radical (unpaired) electrons. The summed E-state index contributed by atoms with van der Waals surface area (Å²) >= 11 is 5.96. The van der Waals surface area contributed by atoms with Crippen molar-refractivity contribution in [3.8, 4) is 5.75 Å². The number of ether oxygens (including phenoxy) is 2. The van der Waals surface area contributed by atoms with Crippen molar-refractivity contribution >= 4 is 23.3 Å². The molecule has 124 valence electrons. The van der Waals surface area contributed by atoms with Gasteiger partial charge in [0.25, 0.3) is 0 Å². The fraction of sp³-hybridized carbons (Fsp3) is 0.533. The molecule has 0 heterocycles. The number of rotatable bonds is 8. The van der Waals surface area contributed by atoms with Gasteiger partial charge in [-0.25, -0.2) is 4.79 Å². The monoisotopic (exact) mass is 330 g/mol. The molecule has 1 aromatic carbocycles. The number of halogens is 1. The fourth-order valence-corrected chi connectivity index (χ4v) is 1.96. The SMILES string of the molecule is CCCOc1ccc(Cl)cc1NC(=O)N(C)CC(O)COC. The van der Waals surface area contributed by atoms with Crippen molar-refractivity contribution < 1.29 is 19.4 Å². The molecule has 1 unspecified atom stereocenters. The number of aliphatic hydroxyl groups excluding tert-OH is 1. The molecular formula is C15H23ClN2O4. The van der Waals surface area contributed by atoms with Gasteiger partial charge in [0.2, 0.25) is 0 Å². The van der Waals surface area contributed by atoms with Gasteiger partial charge in [0.15, 0.2) is 0 Å². The highest BCUT2D eigenvalue weighted by atomic mass is 35.5. The number of nitrogens with one attached hydrogen (secondary N) is 1. The molecule has 0 aliphatic heterocycles. The van der Waals surface area contributed by atoms with Crippen molar-refractivity contribution in [3.63, 3.8) is 0 Å². The zero-order valence-corrected chi connectivity index (χ0v) is 13.9. The van der Waals surface area contributed by atoms with Crippen LogP contribution >= 0.6 is 11.6 Å². The smallest absolute Gasteiger partial charge is 0.321 e. The van der Waals surface area contributed by atoms with Crippen molar-refractivity contribution in [1.29, 1.82) is 0 Å². The van der Waals surface area contributed by atoms with E-state index in [0.717, 1.165) is 6.42 Å². The number of urea groups is 1. The molecule has 0 aliphatic rings. The Morgan fingerprint density at radius 2 is 2.23 bits per heavy atom. The number of methoxy groups -OCH3 is 1. The number of aliphatic hydroxyl groups is 1. The van der Waals surface area contributed by atoms with Gasteiger partial charge in [-0.2, -0.15) is 0 Å². The highest BCUT2D eigenvalue weighted by molar-refractivity contribution is 6.31. The normalized spacial score (nSPS) is 11.9. The highest BCUT2D eigenvalue weighted by Crippen LogP contribution is 2.28. The topological polar surface area (TPSA) is 71.0 Å². The fourth-order valence-electron chi connectivity index (χ4n) is 1.79. The van der Waals surface area contributed by atoms with Crippen LogP contribution in [0.3, 0.4) is 0 Å². The van der Waals surface area contributed by atoms with Gasteiger partial charge in [-0.15, -0.1) is 0 Å². The van der Waals surface area contributed by atoms with E-state index in [1.807, 2.05) is 6.92 Å². The average molecular weight is 331 g/mol. The van der Waals surface area contributed by atoms with Crippen molar-refractivity contribution in [3.05, 3.63) is 23.2 Å². The van der Waals surface area contributed by atoms with Crippen molar-refractivity contribution in [2.45, 2.75) is 19.4 Å². The Labute approximate surface area is 136 Å². The van der Waals surface area contributed by atoms with Crippen molar-refractivity contribution in [2.24, 2.45) is 0 Å². The summed E-state index contributed by atoms with van der Waals surface area (Å²) in [6.07, 6.45) is 0.120. The predicted octanol–water partition coefficient (Wildman–Crippen LogP) is 2.60. The first-order chi connectivity index (χ1) is 10.5. The molecule has 2 amide bonds. The van der Waals surface area contributed by atoms with Crippen LogP contribution in [0.25, 0.3) is 0 Å². The second kappa shape index (κ2) is 9.50. The molecule has 2 N–H and O–H groups in total. The van der Waals surface area contributed by atoms with E-state index < -0.39 is 6.10 Å². The maximum atomic E-state index is 12.2. The summed E-state index contributed by atoms with van der Waals surface area (Å²) in [6.45, 7) is 2.87. The maximum absolute atomic E-state index is 12.2. The Bertz CT molecular complexity index is 485. The van der Waals surface area contributed by atoms with Crippen LogP contribution in [0.2, 0.25) is 5.02 Å². The summed E-state index contributed by atoms with van der Waals surface area (Å²) in [6, 6.07) is 4.68. The molecule has 0 saturated heterocycles. The van der Waals surface area contributed by atoms with Crippen LogP contribution in [-0.2, 0) is 4.74 Å². The first kappa shape index (κ1) is 18.5. The summed E-state index contributed by atoms with van der Waals surface area (Å²) in [5.41, 5.74) is 0.499. The number of likely N-dealkylation sites (N-methyl/N-ethyl adjacent to an activating group) is 1. The van der Waals surface area contributed by atoms with Crippen LogP contribution in [0.4, 0.5) is 10.5 Å². The van der Waals surface area contributed by atoms with Crippen LogP contribution in [0.15, 0.2) is 18.2 Å². The number of amides is 2. The van der Waals surface area contributed by atoms with Gasteiger partial charge < -0.3 is 24.8 Å². The van der Waals surface area contributed by atoms with E-state index in [2.05, 4.69) is 5.32 Å². The molecule has 1 aromatic rings. The van der Waals surface area contributed by atoms with Crippen molar-refractivity contribution in [2.75, 3.05) is 39.2 Å². The summed E-state index contributed by atoms with van der Waals surface area (Å²) < 4.78 is 10.4. The summed E-state index contributed by atoms with van der Waals surface area (Å²) in [5, 5.41) is 12.9. The molecule has 7 heteroatoms. The van der Waals surface area contributed by atoms with Crippen molar-refractivity contribution in [1.82, 2.24) is 4.90 Å².